The molecule has 0 saturated heterocycles. The summed E-state index contributed by atoms with van der Waals surface area (Å²) in [6.07, 6.45) is 2.80. The number of para-hydroxylation sites is 1. The molecule has 2 aromatic heterocycles. The number of carbonyl (C=O) groups is 1. The van der Waals surface area contributed by atoms with Crippen LogP contribution < -0.4 is 10.6 Å². The Hall–Kier alpha value is -3.79. The van der Waals surface area contributed by atoms with Gasteiger partial charge >= 0.3 is 0 Å². The number of anilines is 2. The average Bonchev–Trinajstić information content (AvgIpc) is 3.35. The topological polar surface area (TPSA) is 126 Å². The molecule has 0 radical (unpaired) electrons. The second-order valence-electron chi connectivity index (χ2n) is 6.21. The molecular formula is C19H16N6O3S. The number of non-ortho nitro benzene ring substituents is 1. The fourth-order valence-corrected chi connectivity index (χ4v) is 3.58. The fourth-order valence-electron chi connectivity index (χ4n) is 2.92. The van der Waals surface area contributed by atoms with E-state index in [1.54, 1.807) is 0 Å². The van der Waals surface area contributed by atoms with Gasteiger partial charge in [0.25, 0.3) is 11.6 Å². The Balaban J connectivity index is 1.34. The quantitative estimate of drug-likeness (QED) is 0.315. The zero-order valence-corrected chi connectivity index (χ0v) is 15.9. The first-order valence-electron chi connectivity index (χ1n) is 8.78. The number of nitrogens with one attached hydrogen (secondary N) is 3. The number of amides is 1. The number of hydrogen-bond acceptors (Lipinski definition) is 7. The molecule has 2 aromatic carbocycles. The van der Waals surface area contributed by atoms with E-state index < -0.39 is 10.8 Å². The van der Waals surface area contributed by atoms with Gasteiger partial charge in [-0.1, -0.05) is 35.6 Å². The number of aromatic nitrogens is 3. The van der Waals surface area contributed by atoms with Gasteiger partial charge in [-0.15, -0.1) is 10.2 Å². The van der Waals surface area contributed by atoms with Gasteiger partial charge in [0.05, 0.1) is 4.92 Å². The summed E-state index contributed by atoms with van der Waals surface area (Å²) in [7, 11) is 0. The summed E-state index contributed by atoms with van der Waals surface area (Å²) in [4.78, 5) is 25.8. The maximum absolute atomic E-state index is 12.3. The SMILES string of the molecule is O=C(Nc1nnc(NCCc2c[nH]c3ccccc23)s1)c1cccc([N+](=O)[O-])c1. The molecule has 0 saturated carbocycles. The number of hydrogen-bond donors (Lipinski definition) is 3. The molecule has 0 atom stereocenters. The third-order valence-electron chi connectivity index (χ3n) is 4.31. The summed E-state index contributed by atoms with van der Waals surface area (Å²) in [6.45, 7) is 0.662. The first-order chi connectivity index (χ1) is 14.1. The van der Waals surface area contributed by atoms with Crippen molar-refractivity contribution in [1.29, 1.82) is 0 Å². The van der Waals surface area contributed by atoms with Crippen molar-refractivity contribution in [3.63, 3.8) is 0 Å². The zero-order valence-electron chi connectivity index (χ0n) is 15.1. The van der Waals surface area contributed by atoms with Gasteiger partial charge < -0.3 is 10.3 Å². The number of H-pyrrole nitrogens is 1. The first kappa shape index (κ1) is 18.6. The van der Waals surface area contributed by atoms with Crippen molar-refractivity contribution in [2.45, 2.75) is 6.42 Å². The van der Waals surface area contributed by atoms with E-state index in [1.807, 2.05) is 24.4 Å². The zero-order chi connectivity index (χ0) is 20.2. The number of nitro benzene ring substituents is 1. The normalized spacial score (nSPS) is 10.8. The number of nitro groups is 1. The van der Waals surface area contributed by atoms with Gasteiger partial charge in [0.1, 0.15) is 0 Å². The molecule has 146 valence electrons. The van der Waals surface area contributed by atoms with Crippen molar-refractivity contribution in [2.24, 2.45) is 0 Å². The number of benzene rings is 2. The van der Waals surface area contributed by atoms with E-state index >= 15 is 0 Å². The largest absolute Gasteiger partial charge is 0.361 e. The minimum Gasteiger partial charge on any atom is -0.361 e. The maximum atomic E-state index is 12.3. The smallest absolute Gasteiger partial charge is 0.270 e. The highest BCUT2D eigenvalue weighted by Crippen LogP contribution is 2.22. The summed E-state index contributed by atoms with van der Waals surface area (Å²) in [5.41, 5.74) is 2.35. The van der Waals surface area contributed by atoms with Crippen LogP contribution in [0.15, 0.2) is 54.7 Å². The summed E-state index contributed by atoms with van der Waals surface area (Å²) < 4.78 is 0. The average molecular weight is 408 g/mol. The van der Waals surface area contributed by atoms with Crippen LogP contribution in [0.3, 0.4) is 0 Å². The first-order valence-corrected chi connectivity index (χ1v) is 9.60. The molecule has 3 N–H and O–H groups in total. The Morgan fingerprint density at radius 2 is 1.97 bits per heavy atom. The fraction of sp³-hybridized carbons (Fsp3) is 0.105. The van der Waals surface area contributed by atoms with Crippen LogP contribution in [-0.2, 0) is 6.42 Å². The van der Waals surface area contributed by atoms with Crippen LogP contribution in [0.5, 0.6) is 0 Å². The Morgan fingerprint density at radius 3 is 2.83 bits per heavy atom. The lowest BCUT2D eigenvalue weighted by atomic mass is 10.1. The van der Waals surface area contributed by atoms with E-state index in [9.17, 15) is 14.9 Å². The summed E-state index contributed by atoms with van der Waals surface area (Å²) in [5.74, 6) is -0.477. The van der Waals surface area contributed by atoms with Crippen LogP contribution in [0.4, 0.5) is 16.0 Å². The Kier molecular flexibility index (Phi) is 5.16. The minimum absolute atomic E-state index is 0.144. The Morgan fingerprint density at radius 1 is 1.14 bits per heavy atom. The van der Waals surface area contributed by atoms with Crippen LogP contribution in [-0.4, -0.2) is 32.6 Å². The van der Waals surface area contributed by atoms with Gasteiger partial charge in [0, 0.05) is 41.3 Å². The van der Waals surface area contributed by atoms with Crippen LogP contribution in [0.1, 0.15) is 15.9 Å². The molecule has 2 heterocycles. The number of rotatable bonds is 7. The van der Waals surface area contributed by atoms with Gasteiger partial charge in [0.15, 0.2) is 0 Å². The molecule has 0 unspecified atom stereocenters. The van der Waals surface area contributed by atoms with Gasteiger partial charge in [-0.05, 0) is 24.1 Å². The molecule has 0 aliphatic carbocycles. The van der Waals surface area contributed by atoms with Crippen molar-refractivity contribution in [3.05, 3.63) is 76.0 Å². The van der Waals surface area contributed by atoms with Gasteiger partial charge in [-0.2, -0.15) is 0 Å². The van der Waals surface area contributed by atoms with Crippen molar-refractivity contribution >= 4 is 44.1 Å². The summed E-state index contributed by atoms with van der Waals surface area (Å²) in [6, 6.07) is 13.6. The van der Waals surface area contributed by atoms with Crippen LogP contribution in [0.2, 0.25) is 0 Å². The maximum Gasteiger partial charge on any atom is 0.270 e. The summed E-state index contributed by atoms with van der Waals surface area (Å²) >= 11 is 1.20. The van der Waals surface area contributed by atoms with Crippen molar-refractivity contribution in [3.8, 4) is 0 Å². The minimum atomic E-state index is -0.544. The third-order valence-corrected chi connectivity index (χ3v) is 5.11. The molecule has 0 aliphatic heterocycles. The lowest BCUT2D eigenvalue weighted by Crippen LogP contribution is -2.11. The molecule has 29 heavy (non-hydrogen) atoms. The van der Waals surface area contributed by atoms with Crippen LogP contribution in [0, 0.1) is 10.1 Å². The van der Waals surface area contributed by atoms with E-state index in [0.717, 1.165) is 11.9 Å². The summed E-state index contributed by atoms with van der Waals surface area (Å²) in [5, 5.41) is 26.7. The molecule has 4 rings (SSSR count). The lowest BCUT2D eigenvalue weighted by Gasteiger charge is -2.02. The molecule has 0 bridgehead atoms. The van der Waals surface area contributed by atoms with E-state index in [0.29, 0.717) is 16.8 Å². The number of fused-ring (bicyclic) bond motifs is 1. The second-order valence-corrected chi connectivity index (χ2v) is 7.19. The predicted molar refractivity (Wildman–Crippen MR) is 111 cm³/mol. The predicted octanol–water partition coefficient (Wildman–Crippen LogP) is 3.83. The third kappa shape index (κ3) is 4.22. The Bertz CT molecular complexity index is 1190. The van der Waals surface area contributed by atoms with E-state index in [4.69, 9.17) is 0 Å². The molecular weight excluding hydrogens is 392 g/mol. The van der Waals surface area contributed by atoms with Gasteiger partial charge in [-0.25, -0.2) is 0 Å². The Labute approximate surface area is 168 Å². The molecule has 10 heteroatoms. The lowest BCUT2D eigenvalue weighted by molar-refractivity contribution is -0.384. The van der Waals surface area contributed by atoms with E-state index in [-0.39, 0.29) is 11.3 Å². The molecule has 4 aromatic rings. The number of aromatic amines is 1. The van der Waals surface area contributed by atoms with Crippen molar-refractivity contribution < 1.29 is 9.72 Å². The van der Waals surface area contributed by atoms with E-state index in [1.165, 1.54) is 46.6 Å². The molecule has 0 spiro atoms. The standard InChI is InChI=1S/C19H16N6O3S/c26-17(12-4-3-5-14(10-12)25(27)28)22-19-24-23-18(29-19)20-9-8-13-11-21-16-7-2-1-6-15(13)16/h1-7,10-11,21H,8-9H2,(H,20,23)(H,22,24,26). The van der Waals surface area contributed by atoms with Crippen molar-refractivity contribution in [1.82, 2.24) is 15.2 Å². The monoisotopic (exact) mass is 408 g/mol. The van der Waals surface area contributed by atoms with Gasteiger partial charge in [-0.3, -0.25) is 20.2 Å². The van der Waals surface area contributed by atoms with Crippen molar-refractivity contribution in [2.75, 3.05) is 17.2 Å². The molecule has 1 amide bonds. The molecule has 0 aliphatic rings. The highest BCUT2D eigenvalue weighted by molar-refractivity contribution is 7.19. The van der Waals surface area contributed by atoms with E-state index in [2.05, 4.69) is 31.9 Å². The molecule has 9 nitrogen and oxygen atoms in total. The van der Waals surface area contributed by atoms with Crippen LogP contribution >= 0.6 is 11.3 Å². The molecule has 0 fully saturated rings. The number of nitrogens with zero attached hydrogens (tertiary/aromatic N) is 3. The number of carbonyl (C=O) groups excluding carboxylic acids is 1. The highest BCUT2D eigenvalue weighted by Gasteiger charge is 2.14. The second kappa shape index (κ2) is 8.07. The van der Waals surface area contributed by atoms with Crippen LogP contribution in [0.25, 0.3) is 10.9 Å². The highest BCUT2D eigenvalue weighted by atomic mass is 32.1. The van der Waals surface area contributed by atoms with Gasteiger partial charge in [0.2, 0.25) is 10.3 Å².